The van der Waals surface area contributed by atoms with E-state index >= 15 is 0 Å². The van der Waals surface area contributed by atoms with E-state index in [0.717, 1.165) is 11.3 Å². The van der Waals surface area contributed by atoms with Crippen molar-refractivity contribution in [3.63, 3.8) is 0 Å². The second-order valence-electron chi connectivity index (χ2n) is 6.18. The third-order valence-corrected chi connectivity index (χ3v) is 7.09. The Hall–Kier alpha value is -2.40. The summed E-state index contributed by atoms with van der Waals surface area (Å²) in [6.07, 6.45) is 2.10. The van der Waals surface area contributed by atoms with Crippen molar-refractivity contribution in [2.75, 3.05) is 0 Å². The molecule has 2 nitrogen and oxygen atoms in total. The van der Waals surface area contributed by atoms with E-state index in [-0.39, 0.29) is 14.5 Å². The van der Waals surface area contributed by atoms with Gasteiger partial charge in [0.2, 0.25) is 0 Å². The number of benzene rings is 2. The molecule has 2 aromatic heterocycles. The molecule has 0 aliphatic heterocycles. The van der Waals surface area contributed by atoms with Crippen molar-refractivity contribution in [2.45, 2.75) is 13.8 Å². The summed E-state index contributed by atoms with van der Waals surface area (Å²) in [5.74, 6) is 0. The molecule has 0 unspecified atom stereocenters. The molecule has 24 heavy (non-hydrogen) atoms. The third kappa shape index (κ3) is 2.19. The number of rotatable bonds is 1. The number of hydrogen-bond acceptors (Lipinski definition) is 0. The van der Waals surface area contributed by atoms with Gasteiger partial charge in [-0.2, -0.15) is 0 Å². The Morgan fingerprint density at radius 1 is 1.00 bits per heavy atom. The molecule has 0 bridgehead atoms. The fraction of sp³-hybridized carbons (Fsp3) is 0.143. The predicted molar refractivity (Wildman–Crippen MR) is 101 cm³/mol. The van der Waals surface area contributed by atoms with Gasteiger partial charge < -0.3 is 0 Å². The molecule has 0 saturated heterocycles. The molecule has 0 saturated carbocycles. The van der Waals surface area contributed by atoms with Crippen molar-refractivity contribution in [2.24, 2.45) is 7.05 Å². The van der Waals surface area contributed by atoms with Crippen LogP contribution in [0.5, 0.6) is 0 Å². The summed E-state index contributed by atoms with van der Waals surface area (Å²) in [6.45, 7) is 11.6. The summed E-state index contributed by atoms with van der Waals surface area (Å²) in [5, 5.41) is 2.66. The average Bonchev–Trinajstić information content (AvgIpc) is 2.92. The van der Waals surface area contributed by atoms with Crippen LogP contribution in [-0.2, 0) is 7.05 Å². The van der Waals surface area contributed by atoms with E-state index in [1.165, 1.54) is 36.1 Å². The zero-order chi connectivity index (χ0) is 16.8. The standard InChI is InChI=1S/C21H17N2Se/c1-13-8-9-15-16-11-14(2)17(22-3)12-19(16)24-21(15)20(13)18-7-5-6-10-23(18)4/h5-12H,1-2,4H3/q+1. The Morgan fingerprint density at radius 3 is 2.58 bits per heavy atom. The van der Waals surface area contributed by atoms with Gasteiger partial charge >= 0.3 is 147 Å². The van der Waals surface area contributed by atoms with Crippen LogP contribution < -0.4 is 4.57 Å². The molecule has 116 valence electrons. The first-order valence-electron chi connectivity index (χ1n) is 7.89. The van der Waals surface area contributed by atoms with E-state index in [0.29, 0.717) is 0 Å². The van der Waals surface area contributed by atoms with Crippen LogP contribution in [-0.4, -0.2) is 14.5 Å². The number of fused-ring (bicyclic) bond motifs is 3. The number of hydrogen-bond donors (Lipinski definition) is 0. The topological polar surface area (TPSA) is 8.24 Å². The molecule has 0 aliphatic rings. The molecule has 4 aromatic rings. The van der Waals surface area contributed by atoms with Gasteiger partial charge in [0.15, 0.2) is 0 Å². The second kappa shape index (κ2) is 5.60. The first-order valence-corrected chi connectivity index (χ1v) is 9.60. The first kappa shape index (κ1) is 15.1. The summed E-state index contributed by atoms with van der Waals surface area (Å²) in [7, 11) is 2.10. The van der Waals surface area contributed by atoms with Crippen molar-refractivity contribution >= 4 is 39.5 Å². The number of nitrogens with zero attached hydrogens (tertiary/aromatic N) is 2. The van der Waals surface area contributed by atoms with E-state index in [1.54, 1.807) is 0 Å². The fourth-order valence-corrected chi connectivity index (χ4v) is 6.08. The molecule has 4 rings (SSSR count). The van der Waals surface area contributed by atoms with Crippen LogP contribution in [0.1, 0.15) is 11.1 Å². The quantitative estimate of drug-likeness (QED) is 0.258. The van der Waals surface area contributed by atoms with Crippen molar-refractivity contribution in [3.05, 3.63) is 71.2 Å². The van der Waals surface area contributed by atoms with Gasteiger partial charge in [0.25, 0.3) is 0 Å². The third-order valence-electron chi connectivity index (χ3n) is 4.60. The van der Waals surface area contributed by atoms with Gasteiger partial charge in [0.1, 0.15) is 0 Å². The van der Waals surface area contributed by atoms with Crippen LogP contribution in [0, 0.1) is 20.4 Å². The first-order chi connectivity index (χ1) is 11.6. The van der Waals surface area contributed by atoms with Crippen LogP contribution in [0.15, 0.2) is 48.7 Å². The zero-order valence-electron chi connectivity index (χ0n) is 13.9. The Balaban J connectivity index is 2.15. The molecular weight excluding hydrogens is 359 g/mol. The molecule has 0 spiro atoms. The Bertz CT molecular complexity index is 1150. The number of aromatic nitrogens is 1. The van der Waals surface area contributed by atoms with Crippen molar-refractivity contribution in [1.29, 1.82) is 0 Å². The normalized spacial score (nSPS) is 11.1. The second-order valence-corrected chi connectivity index (χ2v) is 8.39. The summed E-state index contributed by atoms with van der Waals surface area (Å²) < 4.78 is 4.97. The van der Waals surface area contributed by atoms with Crippen LogP contribution in [0.4, 0.5) is 5.69 Å². The van der Waals surface area contributed by atoms with Gasteiger partial charge in [-0.25, -0.2) is 0 Å². The Labute approximate surface area is 147 Å². The Morgan fingerprint density at radius 2 is 1.83 bits per heavy atom. The van der Waals surface area contributed by atoms with Gasteiger partial charge in [0, 0.05) is 0 Å². The maximum atomic E-state index is 7.38. The van der Waals surface area contributed by atoms with Gasteiger partial charge in [-0.05, 0) is 0 Å². The van der Waals surface area contributed by atoms with Crippen molar-refractivity contribution in [3.8, 4) is 11.3 Å². The molecule has 0 radical (unpaired) electrons. The van der Waals surface area contributed by atoms with E-state index in [4.69, 9.17) is 6.57 Å². The summed E-state index contributed by atoms with van der Waals surface area (Å²) in [4.78, 5) is 3.68. The monoisotopic (exact) mass is 377 g/mol. The summed E-state index contributed by atoms with van der Waals surface area (Å²) >= 11 is 0.238. The minimum atomic E-state index is 0.238. The number of aryl methyl sites for hydroxylation is 3. The molecule has 2 heterocycles. The van der Waals surface area contributed by atoms with Crippen LogP contribution in [0.25, 0.3) is 35.4 Å². The van der Waals surface area contributed by atoms with Gasteiger partial charge in [-0.3, -0.25) is 0 Å². The predicted octanol–water partition coefficient (Wildman–Crippen LogP) is 4.71. The van der Waals surface area contributed by atoms with Gasteiger partial charge in [-0.1, -0.05) is 0 Å². The summed E-state index contributed by atoms with van der Waals surface area (Å²) in [6, 6.07) is 15.1. The summed E-state index contributed by atoms with van der Waals surface area (Å²) in [5.41, 5.74) is 5.77. The van der Waals surface area contributed by atoms with E-state index < -0.39 is 0 Å². The fourth-order valence-electron chi connectivity index (χ4n) is 3.30. The molecule has 0 aliphatic carbocycles. The molecule has 0 amide bonds. The molecule has 0 atom stereocenters. The maximum absolute atomic E-state index is 7.38. The molecule has 0 N–H and O–H groups in total. The number of pyridine rings is 1. The average molecular weight is 376 g/mol. The van der Waals surface area contributed by atoms with Crippen LogP contribution in [0.3, 0.4) is 0 Å². The molecule has 2 aromatic carbocycles. The van der Waals surface area contributed by atoms with Gasteiger partial charge in [-0.15, -0.1) is 0 Å². The Kier molecular flexibility index (Phi) is 3.53. The molecule has 0 fully saturated rings. The van der Waals surface area contributed by atoms with Crippen molar-refractivity contribution in [1.82, 2.24) is 0 Å². The SMILES string of the molecule is [C-]#[N+]c1cc2[se]c3c(-c4cccc[n+]4C)c(C)ccc3c2cc1C. The van der Waals surface area contributed by atoms with Gasteiger partial charge in [0.05, 0.1) is 0 Å². The van der Waals surface area contributed by atoms with Crippen molar-refractivity contribution < 1.29 is 4.57 Å². The van der Waals surface area contributed by atoms with E-state index in [9.17, 15) is 0 Å². The molecule has 3 heteroatoms. The van der Waals surface area contributed by atoms with Crippen LogP contribution >= 0.6 is 0 Å². The zero-order valence-corrected chi connectivity index (χ0v) is 15.6. The van der Waals surface area contributed by atoms with Crippen LogP contribution in [0.2, 0.25) is 0 Å². The minimum absolute atomic E-state index is 0.238. The van der Waals surface area contributed by atoms with E-state index in [1.807, 2.05) is 6.92 Å². The molecular formula is C21H17N2Se+. The van der Waals surface area contributed by atoms with E-state index in [2.05, 4.69) is 72.0 Å².